The Morgan fingerprint density at radius 3 is 2.50 bits per heavy atom. The van der Waals surface area contributed by atoms with Crippen LogP contribution in [0.25, 0.3) is 10.8 Å². The molecule has 0 radical (unpaired) electrons. The highest BCUT2D eigenvalue weighted by Gasteiger charge is 2.18. The van der Waals surface area contributed by atoms with E-state index < -0.39 is 0 Å². The molecule has 20 heavy (non-hydrogen) atoms. The lowest BCUT2D eigenvalue weighted by molar-refractivity contribution is 0.642. The molecule has 0 amide bonds. The first-order chi connectivity index (χ1) is 9.69. The zero-order chi connectivity index (χ0) is 14.1. The Morgan fingerprint density at radius 2 is 1.85 bits per heavy atom. The van der Waals surface area contributed by atoms with Crippen molar-refractivity contribution in [2.75, 3.05) is 0 Å². The van der Waals surface area contributed by atoms with Gasteiger partial charge in [-0.15, -0.1) is 11.3 Å². The number of nitrogens with zero attached hydrogens (tertiary/aromatic N) is 1. The molecule has 3 rings (SSSR count). The molecule has 4 heteroatoms. The summed E-state index contributed by atoms with van der Waals surface area (Å²) in [6, 6.07) is 14.8. The van der Waals surface area contributed by atoms with E-state index >= 15 is 0 Å². The third-order valence-corrected chi connectivity index (χ3v) is 4.61. The first kappa shape index (κ1) is 13.2. The van der Waals surface area contributed by atoms with E-state index in [0.717, 1.165) is 16.3 Å². The van der Waals surface area contributed by atoms with Gasteiger partial charge in [0.25, 0.3) is 0 Å². The van der Waals surface area contributed by atoms with Crippen molar-refractivity contribution in [2.24, 2.45) is 5.84 Å². The molecule has 1 aromatic heterocycles. The van der Waals surface area contributed by atoms with Gasteiger partial charge in [0.05, 0.1) is 21.6 Å². The average molecular weight is 283 g/mol. The van der Waals surface area contributed by atoms with Crippen LogP contribution in [0.4, 0.5) is 0 Å². The number of rotatable bonds is 3. The van der Waals surface area contributed by atoms with Crippen molar-refractivity contribution < 1.29 is 0 Å². The van der Waals surface area contributed by atoms with E-state index in [1.165, 1.54) is 15.6 Å². The van der Waals surface area contributed by atoms with E-state index in [4.69, 9.17) is 5.84 Å². The zero-order valence-corrected chi connectivity index (χ0v) is 12.4. The summed E-state index contributed by atoms with van der Waals surface area (Å²) in [5.74, 6) is 5.79. The Bertz CT molecular complexity index is 748. The lowest BCUT2D eigenvalue weighted by Crippen LogP contribution is -2.28. The fraction of sp³-hybridized carbons (Fsp3) is 0.188. The Labute approximate surface area is 122 Å². The number of aromatic nitrogens is 1. The largest absolute Gasteiger partial charge is 0.271 e. The third kappa shape index (κ3) is 2.33. The van der Waals surface area contributed by atoms with Crippen LogP contribution < -0.4 is 11.3 Å². The molecule has 0 spiro atoms. The van der Waals surface area contributed by atoms with Gasteiger partial charge in [0.15, 0.2) is 0 Å². The maximum atomic E-state index is 5.79. The quantitative estimate of drug-likeness (QED) is 0.571. The van der Waals surface area contributed by atoms with Crippen LogP contribution in [0.1, 0.15) is 27.2 Å². The SMILES string of the molecule is Cc1nc(C)c(C(NN)c2ccc3ccccc3c2)s1. The molecule has 0 aliphatic carbocycles. The van der Waals surface area contributed by atoms with Gasteiger partial charge in [-0.05, 0) is 36.2 Å². The van der Waals surface area contributed by atoms with Crippen LogP contribution in [0.3, 0.4) is 0 Å². The Morgan fingerprint density at radius 1 is 1.10 bits per heavy atom. The summed E-state index contributed by atoms with van der Waals surface area (Å²) in [7, 11) is 0. The van der Waals surface area contributed by atoms with Gasteiger partial charge in [0, 0.05) is 0 Å². The molecule has 0 aliphatic rings. The molecule has 0 saturated carbocycles. The summed E-state index contributed by atoms with van der Waals surface area (Å²) >= 11 is 1.69. The number of fused-ring (bicyclic) bond motifs is 1. The average Bonchev–Trinajstić information content (AvgIpc) is 2.78. The molecule has 3 aromatic rings. The summed E-state index contributed by atoms with van der Waals surface area (Å²) in [4.78, 5) is 5.67. The molecule has 0 aliphatic heterocycles. The van der Waals surface area contributed by atoms with E-state index in [1.54, 1.807) is 11.3 Å². The second-order valence-electron chi connectivity index (χ2n) is 4.89. The van der Waals surface area contributed by atoms with Gasteiger partial charge >= 0.3 is 0 Å². The minimum absolute atomic E-state index is 0.00851. The fourth-order valence-corrected chi connectivity index (χ4v) is 3.54. The number of aryl methyl sites for hydroxylation is 2. The monoisotopic (exact) mass is 283 g/mol. The molecular formula is C16H17N3S. The van der Waals surface area contributed by atoms with Crippen LogP contribution in [-0.2, 0) is 0 Å². The normalized spacial score (nSPS) is 12.8. The van der Waals surface area contributed by atoms with Crippen molar-refractivity contribution in [3.63, 3.8) is 0 Å². The van der Waals surface area contributed by atoms with Crippen LogP contribution in [0.15, 0.2) is 42.5 Å². The molecule has 1 unspecified atom stereocenters. The summed E-state index contributed by atoms with van der Waals surface area (Å²) in [5.41, 5.74) is 5.13. The maximum Gasteiger partial charge on any atom is 0.0900 e. The number of nitrogens with two attached hydrogens (primary N) is 1. The Kier molecular flexibility index (Phi) is 3.53. The predicted octanol–water partition coefficient (Wildman–Crippen LogP) is 3.47. The molecule has 2 aromatic carbocycles. The molecule has 102 valence electrons. The lowest BCUT2D eigenvalue weighted by Gasteiger charge is -2.16. The maximum absolute atomic E-state index is 5.79. The van der Waals surface area contributed by atoms with Crippen LogP contribution in [0.5, 0.6) is 0 Å². The minimum Gasteiger partial charge on any atom is -0.271 e. The van der Waals surface area contributed by atoms with Crippen LogP contribution in [0.2, 0.25) is 0 Å². The zero-order valence-electron chi connectivity index (χ0n) is 11.6. The fourth-order valence-electron chi connectivity index (χ4n) is 2.53. The van der Waals surface area contributed by atoms with E-state index in [1.807, 2.05) is 13.8 Å². The van der Waals surface area contributed by atoms with E-state index in [-0.39, 0.29) is 6.04 Å². The Hall–Kier alpha value is -1.75. The van der Waals surface area contributed by atoms with Crippen molar-refractivity contribution >= 4 is 22.1 Å². The van der Waals surface area contributed by atoms with Crippen LogP contribution in [0, 0.1) is 13.8 Å². The van der Waals surface area contributed by atoms with Gasteiger partial charge < -0.3 is 0 Å². The number of benzene rings is 2. The molecule has 1 atom stereocenters. The summed E-state index contributed by atoms with van der Waals surface area (Å²) in [6.45, 7) is 4.05. The number of thiazole rings is 1. The number of hydrazine groups is 1. The smallest absolute Gasteiger partial charge is 0.0900 e. The molecule has 3 N–H and O–H groups in total. The van der Waals surface area contributed by atoms with Crippen molar-refractivity contribution in [2.45, 2.75) is 19.9 Å². The topological polar surface area (TPSA) is 50.9 Å². The summed E-state index contributed by atoms with van der Waals surface area (Å²) < 4.78 is 0. The predicted molar refractivity (Wildman–Crippen MR) is 84.7 cm³/mol. The minimum atomic E-state index is -0.00851. The Balaban J connectivity index is 2.09. The van der Waals surface area contributed by atoms with Crippen molar-refractivity contribution in [1.82, 2.24) is 10.4 Å². The number of nitrogens with one attached hydrogen (secondary N) is 1. The molecule has 3 nitrogen and oxygen atoms in total. The van der Waals surface area contributed by atoms with Gasteiger partial charge in [-0.2, -0.15) is 0 Å². The molecule has 0 bridgehead atoms. The molecular weight excluding hydrogens is 266 g/mol. The van der Waals surface area contributed by atoms with E-state index in [0.29, 0.717) is 0 Å². The van der Waals surface area contributed by atoms with Crippen molar-refractivity contribution in [1.29, 1.82) is 0 Å². The van der Waals surface area contributed by atoms with Crippen molar-refractivity contribution in [3.8, 4) is 0 Å². The highest BCUT2D eigenvalue weighted by molar-refractivity contribution is 7.11. The highest BCUT2D eigenvalue weighted by atomic mass is 32.1. The van der Waals surface area contributed by atoms with Gasteiger partial charge in [-0.1, -0.05) is 36.4 Å². The van der Waals surface area contributed by atoms with Crippen LogP contribution in [-0.4, -0.2) is 4.98 Å². The van der Waals surface area contributed by atoms with Gasteiger partial charge in [-0.3, -0.25) is 5.84 Å². The summed E-state index contributed by atoms with van der Waals surface area (Å²) in [5, 5.41) is 3.53. The first-order valence-electron chi connectivity index (χ1n) is 6.58. The third-order valence-electron chi connectivity index (χ3n) is 3.48. The lowest BCUT2D eigenvalue weighted by atomic mass is 10.0. The first-order valence-corrected chi connectivity index (χ1v) is 7.39. The molecule has 0 saturated heterocycles. The molecule has 1 heterocycles. The number of hydrogen-bond donors (Lipinski definition) is 2. The van der Waals surface area contributed by atoms with E-state index in [9.17, 15) is 0 Å². The number of hydrogen-bond acceptors (Lipinski definition) is 4. The van der Waals surface area contributed by atoms with Gasteiger partial charge in [-0.25, -0.2) is 10.4 Å². The standard InChI is InChI=1S/C16H17N3S/c1-10-16(20-11(2)18-10)15(19-17)14-8-7-12-5-3-4-6-13(12)9-14/h3-9,15,19H,17H2,1-2H3. The molecule has 0 fully saturated rings. The van der Waals surface area contributed by atoms with Crippen LogP contribution >= 0.6 is 11.3 Å². The second kappa shape index (κ2) is 5.32. The highest BCUT2D eigenvalue weighted by Crippen LogP contribution is 2.30. The van der Waals surface area contributed by atoms with Gasteiger partial charge in [0.1, 0.15) is 0 Å². The summed E-state index contributed by atoms with van der Waals surface area (Å²) in [6.07, 6.45) is 0. The van der Waals surface area contributed by atoms with Crippen molar-refractivity contribution in [3.05, 3.63) is 63.6 Å². The van der Waals surface area contributed by atoms with Gasteiger partial charge in [0.2, 0.25) is 0 Å². The second-order valence-corrected chi connectivity index (χ2v) is 6.12. The van der Waals surface area contributed by atoms with E-state index in [2.05, 4.69) is 52.9 Å².